The van der Waals surface area contributed by atoms with Crippen LogP contribution >= 0.6 is 12.2 Å². The van der Waals surface area contributed by atoms with E-state index in [9.17, 15) is 19.7 Å². The highest BCUT2D eigenvalue weighted by molar-refractivity contribution is 7.80. The highest BCUT2D eigenvalue weighted by atomic mass is 32.1. The van der Waals surface area contributed by atoms with Crippen molar-refractivity contribution in [3.8, 4) is 0 Å². The second-order valence-electron chi connectivity index (χ2n) is 5.61. The zero-order chi connectivity index (χ0) is 20.0. The third kappa shape index (κ3) is 5.32. The lowest BCUT2D eigenvalue weighted by Crippen LogP contribution is -2.34. The lowest BCUT2D eigenvalue weighted by Gasteiger charge is -2.13. The van der Waals surface area contributed by atoms with Gasteiger partial charge in [0.25, 0.3) is 11.6 Å². The van der Waals surface area contributed by atoms with Crippen molar-refractivity contribution in [2.75, 3.05) is 10.6 Å². The molecule has 2 aromatic rings. The van der Waals surface area contributed by atoms with E-state index in [1.54, 1.807) is 25.1 Å². The monoisotopic (exact) mass is 386 g/mol. The summed E-state index contributed by atoms with van der Waals surface area (Å²) in [5.74, 6) is -0.811. The number of carbonyl (C=O) groups is 2. The van der Waals surface area contributed by atoms with Crippen molar-refractivity contribution >= 4 is 46.2 Å². The van der Waals surface area contributed by atoms with Crippen LogP contribution in [0.3, 0.4) is 0 Å². The maximum atomic E-state index is 12.3. The van der Waals surface area contributed by atoms with Crippen molar-refractivity contribution in [1.82, 2.24) is 5.32 Å². The first-order valence-corrected chi connectivity index (χ1v) is 8.49. The number of nitrogens with zero attached hydrogens (tertiary/aromatic N) is 1. The Morgan fingerprint density at radius 1 is 1.15 bits per heavy atom. The molecule has 0 aliphatic carbocycles. The molecule has 3 N–H and O–H groups in total. The number of aryl methyl sites for hydroxylation is 1. The molecule has 140 valence electrons. The first-order valence-electron chi connectivity index (χ1n) is 8.08. The molecule has 2 rings (SSSR count). The second-order valence-corrected chi connectivity index (χ2v) is 6.02. The van der Waals surface area contributed by atoms with Gasteiger partial charge >= 0.3 is 0 Å². The summed E-state index contributed by atoms with van der Waals surface area (Å²) in [5, 5.41) is 19.0. The number of rotatable bonds is 5. The Balaban J connectivity index is 2.10. The Hall–Kier alpha value is -3.33. The largest absolute Gasteiger partial charge is 0.332 e. The van der Waals surface area contributed by atoms with E-state index >= 15 is 0 Å². The van der Waals surface area contributed by atoms with Crippen LogP contribution in [0, 0.1) is 17.0 Å². The number of carbonyl (C=O) groups excluding carboxylic acids is 2. The molecule has 9 heteroatoms. The number of hydrogen-bond donors (Lipinski definition) is 3. The molecule has 0 atom stereocenters. The average Bonchev–Trinajstić information content (AvgIpc) is 2.64. The number of anilines is 2. The van der Waals surface area contributed by atoms with E-state index in [0.29, 0.717) is 17.8 Å². The minimum atomic E-state index is -0.688. The van der Waals surface area contributed by atoms with Gasteiger partial charge in [-0.2, -0.15) is 0 Å². The highest BCUT2D eigenvalue weighted by Crippen LogP contribution is 2.21. The maximum absolute atomic E-state index is 12.3. The van der Waals surface area contributed by atoms with Crippen molar-refractivity contribution in [1.29, 1.82) is 0 Å². The number of amides is 2. The first-order chi connectivity index (χ1) is 12.8. The average molecular weight is 386 g/mol. The molecule has 2 aromatic carbocycles. The van der Waals surface area contributed by atoms with E-state index in [1.807, 2.05) is 6.92 Å². The van der Waals surface area contributed by atoms with E-state index in [0.717, 1.165) is 5.56 Å². The molecule has 0 heterocycles. The highest BCUT2D eigenvalue weighted by Gasteiger charge is 2.19. The van der Waals surface area contributed by atoms with Crippen molar-refractivity contribution in [3.63, 3.8) is 0 Å². The summed E-state index contributed by atoms with van der Waals surface area (Å²) in [4.78, 5) is 34.3. The summed E-state index contributed by atoms with van der Waals surface area (Å²) < 4.78 is 0. The third-order valence-corrected chi connectivity index (χ3v) is 3.87. The van der Waals surface area contributed by atoms with Crippen LogP contribution in [0.1, 0.15) is 29.3 Å². The van der Waals surface area contributed by atoms with Gasteiger partial charge in [-0.1, -0.05) is 25.1 Å². The minimum absolute atomic E-state index is 0.0187. The summed E-state index contributed by atoms with van der Waals surface area (Å²) >= 11 is 5.11. The van der Waals surface area contributed by atoms with E-state index in [-0.39, 0.29) is 22.3 Å². The summed E-state index contributed by atoms with van der Waals surface area (Å²) in [6, 6.07) is 10.8. The first kappa shape index (κ1) is 20.0. The predicted molar refractivity (Wildman–Crippen MR) is 107 cm³/mol. The third-order valence-electron chi connectivity index (χ3n) is 3.66. The van der Waals surface area contributed by atoms with Gasteiger partial charge in [0, 0.05) is 23.9 Å². The van der Waals surface area contributed by atoms with Gasteiger partial charge in [0.15, 0.2) is 5.11 Å². The van der Waals surface area contributed by atoms with Crippen LogP contribution in [0.5, 0.6) is 0 Å². The van der Waals surface area contributed by atoms with Crippen LogP contribution in [0.2, 0.25) is 0 Å². The van der Waals surface area contributed by atoms with Gasteiger partial charge in [-0.05, 0) is 42.9 Å². The molecule has 0 spiro atoms. The second kappa shape index (κ2) is 8.86. The maximum Gasteiger partial charge on any atom is 0.282 e. The van der Waals surface area contributed by atoms with E-state index < -0.39 is 10.8 Å². The molecule has 0 aromatic heterocycles. The number of hydrogen-bond acceptors (Lipinski definition) is 5. The van der Waals surface area contributed by atoms with Crippen molar-refractivity contribution in [2.24, 2.45) is 0 Å². The van der Waals surface area contributed by atoms with Gasteiger partial charge in [-0.3, -0.25) is 25.0 Å². The summed E-state index contributed by atoms with van der Waals surface area (Å²) in [6.07, 6.45) is 0.349. The zero-order valence-electron chi connectivity index (χ0n) is 14.7. The lowest BCUT2D eigenvalue weighted by atomic mass is 10.1. The minimum Gasteiger partial charge on any atom is -0.332 e. The van der Waals surface area contributed by atoms with Crippen LogP contribution in [0.4, 0.5) is 17.1 Å². The van der Waals surface area contributed by atoms with Gasteiger partial charge in [0.05, 0.1) is 4.92 Å². The lowest BCUT2D eigenvalue weighted by molar-refractivity contribution is -0.385. The number of thiocarbonyl (C=S) groups is 1. The fraction of sp³-hybridized carbons (Fsp3) is 0.167. The Morgan fingerprint density at radius 2 is 1.85 bits per heavy atom. The fourth-order valence-electron chi connectivity index (χ4n) is 2.23. The summed E-state index contributed by atoms with van der Waals surface area (Å²) in [7, 11) is 0. The molecular formula is C18H18N4O4S. The number of benzene rings is 2. The standard InChI is InChI=1S/C18H18N4O4S/c1-3-16(23)20-14-10-12(9-8-11(14)2)19-18(27)21-17(24)13-6-4-5-7-15(13)22(25)26/h4-10H,3H2,1-2H3,(H,20,23)(H2,19,21,24,27). The van der Waals surface area contributed by atoms with Gasteiger partial charge in [0.1, 0.15) is 5.56 Å². The quantitative estimate of drug-likeness (QED) is 0.412. The predicted octanol–water partition coefficient (Wildman–Crippen LogP) is 3.38. The topological polar surface area (TPSA) is 113 Å². The number of nitrogens with one attached hydrogen (secondary N) is 3. The number of para-hydroxylation sites is 1. The molecule has 8 nitrogen and oxygen atoms in total. The summed E-state index contributed by atoms with van der Waals surface area (Å²) in [6.45, 7) is 3.60. The molecule has 0 radical (unpaired) electrons. The van der Waals surface area contributed by atoms with Crippen LogP contribution < -0.4 is 16.0 Å². The van der Waals surface area contributed by atoms with Crippen molar-refractivity contribution in [3.05, 3.63) is 63.7 Å². The SMILES string of the molecule is CCC(=O)Nc1cc(NC(=S)NC(=O)c2ccccc2[N+](=O)[O-])ccc1C. The van der Waals surface area contributed by atoms with E-state index in [4.69, 9.17) is 12.2 Å². The molecule has 27 heavy (non-hydrogen) atoms. The molecule has 0 bridgehead atoms. The van der Waals surface area contributed by atoms with E-state index in [1.165, 1.54) is 24.3 Å². The Kier molecular flexibility index (Phi) is 6.56. The Bertz CT molecular complexity index is 914. The smallest absolute Gasteiger partial charge is 0.282 e. The van der Waals surface area contributed by atoms with Crippen LogP contribution in [-0.4, -0.2) is 21.9 Å². The molecule has 0 saturated heterocycles. The van der Waals surface area contributed by atoms with Gasteiger partial charge in [0.2, 0.25) is 5.91 Å². The number of nitro groups is 1. The molecule has 0 aliphatic heterocycles. The van der Waals surface area contributed by atoms with Crippen molar-refractivity contribution < 1.29 is 14.5 Å². The van der Waals surface area contributed by atoms with Crippen LogP contribution in [-0.2, 0) is 4.79 Å². The normalized spacial score (nSPS) is 10.0. The molecule has 0 aliphatic rings. The molecule has 0 fully saturated rings. The van der Waals surface area contributed by atoms with Crippen molar-refractivity contribution in [2.45, 2.75) is 20.3 Å². The van der Waals surface area contributed by atoms with Gasteiger partial charge in [-0.15, -0.1) is 0 Å². The Labute approximate surface area is 161 Å². The number of nitro benzene ring substituents is 1. The van der Waals surface area contributed by atoms with Gasteiger partial charge in [-0.25, -0.2) is 0 Å². The molecule has 0 saturated carbocycles. The summed E-state index contributed by atoms with van der Waals surface area (Å²) in [5.41, 5.74) is 1.65. The molecular weight excluding hydrogens is 368 g/mol. The molecule has 2 amide bonds. The van der Waals surface area contributed by atoms with Crippen LogP contribution in [0.25, 0.3) is 0 Å². The molecule has 0 unspecified atom stereocenters. The van der Waals surface area contributed by atoms with Crippen LogP contribution in [0.15, 0.2) is 42.5 Å². The fourth-order valence-corrected chi connectivity index (χ4v) is 2.44. The zero-order valence-corrected chi connectivity index (χ0v) is 15.6. The van der Waals surface area contributed by atoms with E-state index in [2.05, 4.69) is 16.0 Å². The Morgan fingerprint density at radius 3 is 2.52 bits per heavy atom. The van der Waals surface area contributed by atoms with Gasteiger partial charge < -0.3 is 10.6 Å².